The molecule has 0 saturated carbocycles. The van der Waals surface area contributed by atoms with Crippen LogP contribution < -0.4 is 20.1 Å². The molecule has 0 bridgehead atoms. The van der Waals surface area contributed by atoms with Crippen LogP contribution in [0.3, 0.4) is 0 Å². The Morgan fingerprint density at radius 1 is 1.07 bits per heavy atom. The summed E-state index contributed by atoms with van der Waals surface area (Å²) < 4.78 is 11.0. The van der Waals surface area contributed by atoms with Gasteiger partial charge in [-0.1, -0.05) is 36.4 Å². The maximum atomic E-state index is 5.64. The Balaban J connectivity index is 0.00000392. The first-order chi connectivity index (χ1) is 13.2. The number of rotatable bonds is 9. The van der Waals surface area contributed by atoms with Gasteiger partial charge < -0.3 is 20.1 Å². The first-order valence-electron chi connectivity index (χ1n) is 9.47. The molecular formula is C22H32IN3O2. The first-order valence-corrected chi connectivity index (χ1v) is 9.47. The van der Waals surface area contributed by atoms with Gasteiger partial charge in [0.25, 0.3) is 0 Å². The van der Waals surface area contributed by atoms with Gasteiger partial charge in [-0.05, 0) is 49.9 Å². The standard InChI is InChI=1S/C22H31N3O2.HI/c1-5-27-21-15-19(13-14-20(21)26-4)16-24-22(23-3)25-17(2)11-12-18-9-7-6-8-10-18;/h6-10,13-15,17H,5,11-12,16H2,1-4H3,(H2,23,24,25);1H. The van der Waals surface area contributed by atoms with E-state index in [-0.39, 0.29) is 24.0 Å². The van der Waals surface area contributed by atoms with Crippen LogP contribution in [-0.2, 0) is 13.0 Å². The number of halogens is 1. The first kappa shape index (κ1) is 24.1. The van der Waals surface area contributed by atoms with Gasteiger partial charge >= 0.3 is 0 Å². The maximum Gasteiger partial charge on any atom is 0.191 e. The van der Waals surface area contributed by atoms with E-state index in [9.17, 15) is 0 Å². The summed E-state index contributed by atoms with van der Waals surface area (Å²) >= 11 is 0. The Bertz CT molecular complexity index is 723. The minimum absolute atomic E-state index is 0. The molecule has 2 aromatic rings. The lowest BCUT2D eigenvalue weighted by atomic mass is 10.1. The van der Waals surface area contributed by atoms with Gasteiger partial charge in [0.2, 0.25) is 0 Å². The molecule has 2 aromatic carbocycles. The highest BCUT2D eigenvalue weighted by Crippen LogP contribution is 2.27. The molecule has 28 heavy (non-hydrogen) atoms. The third kappa shape index (κ3) is 7.96. The largest absolute Gasteiger partial charge is 0.493 e. The summed E-state index contributed by atoms with van der Waals surface area (Å²) in [6.07, 6.45) is 2.09. The number of guanidine groups is 1. The normalized spacial score (nSPS) is 11.9. The molecule has 0 aliphatic heterocycles. The molecule has 0 spiro atoms. The maximum absolute atomic E-state index is 5.64. The van der Waals surface area contributed by atoms with Crippen LogP contribution >= 0.6 is 24.0 Å². The van der Waals surface area contributed by atoms with E-state index in [4.69, 9.17) is 9.47 Å². The van der Waals surface area contributed by atoms with Crippen LogP contribution in [-0.4, -0.2) is 32.8 Å². The van der Waals surface area contributed by atoms with Crippen LogP contribution in [0.25, 0.3) is 0 Å². The molecule has 2 rings (SSSR count). The Labute approximate surface area is 186 Å². The summed E-state index contributed by atoms with van der Waals surface area (Å²) in [5.41, 5.74) is 2.47. The average molecular weight is 497 g/mol. The van der Waals surface area contributed by atoms with Crippen molar-refractivity contribution in [1.29, 1.82) is 0 Å². The number of methoxy groups -OCH3 is 1. The van der Waals surface area contributed by atoms with Crippen molar-refractivity contribution in [2.75, 3.05) is 20.8 Å². The van der Waals surface area contributed by atoms with Crippen molar-refractivity contribution < 1.29 is 9.47 Å². The van der Waals surface area contributed by atoms with Crippen LogP contribution in [0.15, 0.2) is 53.5 Å². The zero-order chi connectivity index (χ0) is 19.5. The number of benzene rings is 2. The van der Waals surface area contributed by atoms with Crippen molar-refractivity contribution in [2.24, 2.45) is 4.99 Å². The van der Waals surface area contributed by atoms with Gasteiger partial charge in [-0.25, -0.2) is 0 Å². The van der Waals surface area contributed by atoms with E-state index >= 15 is 0 Å². The third-order valence-corrected chi connectivity index (χ3v) is 4.30. The molecule has 0 aromatic heterocycles. The van der Waals surface area contributed by atoms with Crippen LogP contribution in [0.4, 0.5) is 0 Å². The van der Waals surface area contributed by atoms with Crippen LogP contribution in [0, 0.1) is 0 Å². The fourth-order valence-electron chi connectivity index (χ4n) is 2.81. The van der Waals surface area contributed by atoms with E-state index < -0.39 is 0 Å². The molecule has 1 atom stereocenters. The lowest BCUT2D eigenvalue weighted by Crippen LogP contribution is -2.42. The second-order valence-electron chi connectivity index (χ2n) is 6.41. The minimum Gasteiger partial charge on any atom is -0.493 e. The summed E-state index contributed by atoms with van der Waals surface area (Å²) in [7, 11) is 3.44. The summed E-state index contributed by atoms with van der Waals surface area (Å²) in [4.78, 5) is 4.33. The number of aryl methyl sites for hydroxylation is 1. The second kappa shape index (κ2) is 13.3. The molecular weight excluding hydrogens is 465 g/mol. The lowest BCUT2D eigenvalue weighted by molar-refractivity contribution is 0.310. The highest BCUT2D eigenvalue weighted by Gasteiger charge is 2.08. The van der Waals surface area contributed by atoms with Gasteiger partial charge in [-0.3, -0.25) is 4.99 Å². The van der Waals surface area contributed by atoms with Crippen LogP contribution in [0.1, 0.15) is 31.4 Å². The van der Waals surface area contributed by atoms with Crippen molar-refractivity contribution in [3.05, 3.63) is 59.7 Å². The van der Waals surface area contributed by atoms with E-state index in [1.807, 2.05) is 31.2 Å². The van der Waals surface area contributed by atoms with E-state index in [2.05, 4.69) is 46.8 Å². The molecule has 6 heteroatoms. The van der Waals surface area contributed by atoms with E-state index in [1.54, 1.807) is 14.2 Å². The second-order valence-corrected chi connectivity index (χ2v) is 6.41. The van der Waals surface area contributed by atoms with E-state index in [0.29, 0.717) is 19.2 Å². The number of hydrogen-bond donors (Lipinski definition) is 2. The predicted molar refractivity (Wildman–Crippen MR) is 127 cm³/mol. The van der Waals surface area contributed by atoms with Crippen LogP contribution in [0.2, 0.25) is 0 Å². The SMILES string of the molecule is CCOc1cc(CNC(=NC)NC(C)CCc2ccccc2)ccc1OC.I. The monoisotopic (exact) mass is 497 g/mol. The molecule has 0 saturated heterocycles. The fourth-order valence-corrected chi connectivity index (χ4v) is 2.81. The Morgan fingerprint density at radius 2 is 1.82 bits per heavy atom. The zero-order valence-corrected chi connectivity index (χ0v) is 19.5. The number of hydrogen-bond acceptors (Lipinski definition) is 3. The molecule has 5 nitrogen and oxygen atoms in total. The zero-order valence-electron chi connectivity index (χ0n) is 17.2. The highest BCUT2D eigenvalue weighted by molar-refractivity contribution is 14.0. The van der Waals surface area contributed by atoms with Crippen molar-refractivity contribution in [2.45, 2.75) is 39.3 Å². The van der Waals surface area contributed by atoms with Gasteiger partial charge in [0.15, 0.2) is 17.5 Å². The summed E-state index contributed by atoms with van der Waals surface area (Å²) in [6.45, 7) is 5.41. The van der Waals surface area contributed by atoms with Gasteiger partial charge in [-0.15, -0.1) is 24.0 Å². The minimum atomic E-state index is 0. The van der Waals surface area contributed by atoms with Crippen molar-refractivity contribution in [1.82, 2.24) is 10.6 Å². The number of nitrogens with zero attached hydrogens (tertiary/aromatic N) is 1. The third-order valence-electron chi connectivity index (χ3n) is 4.30. The van der Waals surface area contributed by atoms with Crippen molar-refractivity contribution in [3.8, 4) is 11.5 Å². The van der Waals surface area contributed by atoms with Gasteiger partial charge in [0.1, 0.15) is 0 Å². The summed E-state index contributed by atoms with van der Waals surface area (Å²) in [6, 6.07) is 16.8. The summed E-state index contributed by atoms with van der Waals surface area (Å²) in [5, 5.41) is 6.82. The Hall–Kier alpha value is -1.96. The van der Waals surface area contributed by atoms with Crippen molar-refractivity contribution in [3.63, 3.8) is 0 Å². The Morgan fingerprint density at radius 3 is 2.46 bits per heavy atom. The highest BCUT2D eigenvalue weighted by atomic mass is 127. The smallest absolute Gasteiger partial charge is 0.191 e. The predicted octanol–water partition coefficient (Wildman–Crippen LogP) is 4.40. The Kier molecular flexibility index (Phi) is 11.4. The summed E-state index contributed by atoms with van der Waals surface area (Å²) in [5.74, 6) is 2.31. The molecule has 2 N–H and O–H groups in total. The molecule has 1 unspecified atom stereocenters. The quantitative estimate of drug-likeness (QED) is 0.307. The number of nitrogens with one attached hydrogen (secondary N) is 2. The van der Waals surface area contributed by atoms with Gasteiger partial charge in [0, 0.05) is 19.6 Å². The fraction of sp³-hybridized carbons (Fsp3) is 0.409. The molecule has 0 fully saturated rings. The average Bonchev–Trinajstić information content (AvgIpc) is 2.70. The van der Waals surface area contributed by atoms with E-state index in [1.165, 1.54) is 5.56 Å². The molecule has 0 heterocycles. The lowest BCUT2D eigenvalue weighted by Gasteiger charge is -2.18. The molecule has 0 amide bonds. The number of aliphatic imine (C=N–C) groups is 1. The van der Waals surface area contributed by atoms with E-state index in [0.717, 1.165) is 35.9 Å². The van der Waals surface area contributed by atoms with Gasteiger partial charge in [-0.2, -0.15) is 0 Å². The van der Waals surface area contributed by atoms with Crippen LogP contribution in [0.5, 0.6) is 11.5 Å². The molecule has 154 valence electrons. The molecule has 0 aliphatic rings. The molecule has 0 aliphatic carbocycles. The van der Waals surface area contributed by atoms with Gasteiger partial charge in [0.05, 0.1) is 13.7 Å². The topological polar surface area (TPSA) is 54.9 Å². The number of ether oxygens (including phenoxy) is 2. The molecule has 0 radical (unpaired) electrons. The van der Waals surface area contributed by atoms with Crippen molar-refractivity contribution >= 4 is 29.9 Å².